The van der Waals surface area contributed by atoms with Crippen LogP contribution in [0.4, 0.5) is 0 Å². The molecule has 0 N–H and O–H groups in total. The third kappa shape index (κ3) is 3.41. The smallest absolute Gasteiger partial charge is 0.0540 e. The van der Waals surface area contributed by atoms with Gasteiger partial charge in [0.2, 0.25) is 0 Å². The summed E-state index contributed by atoms with van der Waals surface area (Å²) in [6, 6.07) is 41.8. The second kappa shape index (κ2) is 9.10. The van der Waals surface area contributed by atoms with Gasteiger partial charge in [-0.1, -0.05) is 130 Å². The highest BCUT2D eigenvalue weighted by atomic mass is 15.0. The predicted octanol–water partition coefficient (Wildman–Crippen LogP) is 10.7. The third-order valence-electron chi connectivity index (χ3n) is 8.61. The zero-order chi connectivity index (χ0) is 27.4. The zero-order valence-corrected chi connectivity index (χ0v) is 23.0. The Morgan fingerprint density at radius 1 is 0.550 bits per heavy atom. The molecule has 192 valence electrons. The van der Waals surface area contributed by atoms with Crippen molar-refractivity contribution in [3.63, 3.8) is 0 Å². The van der Waals surface area contributed by atoms with Gasteiger partial charge < -0.3 is 4.57 Å². The molecule has 1 aliphatic carbocycles. The summed E-state index contributed by atoms with van der Waals surface area (Å²) >= 11 is 0. The Labute approximate surface area is 235 Å². The lowest BCUT2D eigenvalue weighted by atomic mass is 9.82. The van der Waals surface area contributed by atoms with Crippen molar-refractivity contribution < 1.29 is 0 Å². The van der Waals surface area contributed by atoms with Crippen LogP contribution in [-0.2, 0) is 5.41 Å². The summed E-state index contributed by atoms with van der Waals surface area (Å²) < 4.78 is 2.37. The Kier molecular flexibility index (Phi) is 5.50. The fourth-order valence-corrected chi connectivity index (χ4v) is 6.72. The first-order valence-corrected chi connectivity index (χ1v) is 13.9. The second-order valence-corrected chi connectivity index (χ2v) is 11.1. The lowest BCUT2D eigenvalue weighted by molar-refractivity contribution is 0.660. The van der Waals surface area contributed by atoms with Gasteiger partial charge in [0.15, 0.2) is 0 Å². The van der Waals surface area contributed by atoms with Crippen molar-refractivity contribution in [2.75, 3.05) is 0 Å². The van der Waals surface area contributed by atoms with Gasteiger partial charge in [0, 0.05) is 22.1 Å². The minimum atomic E-state index is -0.0976. The molecule has 0 saturated carbocycles. The van der Waals surface area contributed by atoms with Crippen molar-refractivity contribution in [3.8, 4) is 16.8 Å². The van der Waals surface area contributed by atoms with Gasteiger partial charge >= 0.3 is 0 Å². The Morgan fingerprint density at radius 3 is 1.80 bits per heavy atom. The summed E-state index contributed by atoms with van der Waals surface area (Å²) in [5.74, 6) is 0. The minimum Gasteiger partial charge on any atom is -0.309 e. The lowest BCUT2D eigenvalue weighted by Crippen LogP contribution is -2.15. The van der Waals surface area contributed by atoms with Crippen molar-refractivity contribution in [1.82, 2.24) is 4.57 Å². The van der Waals surface area contributed by atoms with Gasteiger partial charge in [-0.25, -0.2) is 0 Å². The number of hydrogen-bond acceptors (Lipinski definition) is 0. The average molecular weight is 514 g/mol. The maximum atomic E-state index is 4.34. The van der Waals surface area contributed by atoms with Crippen LogP contribution in [0.1, 0.15) is 36.2 Å². The first kappa shape index (κ1) is 24.2. The summed E-state index contributed by atoms with van der Waals surface area (Å²) in [4.78, 5) is 0. The number of benzene rings is 5. The molecule has 1 aliphatic rings. The van der Waals surface area contributed by atoms with Crippen molar-refractivity contribution in [1.29, 1.82) is 0 Å². The van der Waals surface area contributed by atoms with Gasteiger partial charge in [0.05, 0.1) is 11.2 Å². The Morgan fingerprint density at radius 2 is 1.10 bits per heavy atom. The van der Waals surface area contributed by atoms with E-state index >= 15 is 0 Å². The van der Waals surface area contributed by atoms with E-state index in [-0.39, 0.29) is 5.41 Å². The van der Waals surface area contributed by atoms with Gasteiger partial charge in [-0.2, -0.15) is 0 Å². The van der Waals surface area contributed by atoms with Crippen molar-refractivity contribution in [2.24, 2.45) is 0 Å². The molecule has 0 spiro atoms. The fourth-order valence-electron chi connectivity index (χ4n) is 6.72. The van der Waals surface area contributed by atoms with Crippen LogP contribution < -0.4 is 0 Å². The van der Waals surface area contributed by atoms with Crippen LogP contribution in [0.3, 0.4) is 0 Å². The highest BCUT2D eigenvalue weighted by molar-refractivity contribution is 6.15. The maximum Gasteiger partial charge on any atom is 0.0540 e. The van der Waals surface area contributed by atoms with Gasteiger partial charge in [0.25, 0.3) is 0 Å². The summed E-state index contributed by atoms with van der Waals surface area (Å²) in [5.41, 5.74) is 9.55. The van der Waals surface area contributed by atoms with Crippen LogP contribution in [0.2, 0.25) is 0 Å². The number of rotatable bonds is 3. The molecule has 0 saturated heterocycles. The van der Waals surface area contributed by atoms with Crippen molar-refractivity contribution in [3.05, 3.63) is 151 Å². The molecule has 1 aromatic heterocycles. The molecule has 0 amide bonds. The first-order chi connectivity index (χ1) is 19.5. The highest BCUT2D eigenvalue weighted by Gasteiger charge is 2.35. The molecule has 40 heavy (non-hydrogen) atoms. The first-order valence-electron chi connectivity index (χ1n) is 13.9. The van der Waals surface area contributed by atoms with Crippen LogP contribution in [0.15, 0.2) is 128 Å². The molecule has 0 radical (unpaired) electrons. The molecule has 0 fully saturated rings. The van der Waals surface area contributed by atoms with Gasteiger partial charge in [0.1, 0.15) is 0 Å². The zero-order valence-electron chi connectivity index (χ0n) is 23.0. The molecule has 1 heterocycles. The van der Waals surface area contributed by atoms with Gasteiger partial charge in [-0.3, -0.25) is 0 Å². The van der Waals surface area contributed by atoms with E-state index in [0.717, 1.165) is 27.8 Å². The monoisotopic (exact) mass is 513 g/mol. The van der Waals surface area contributed by atoms with E-state index in [1.165, 1.54) is 43.8 Å². The van der Waals surface area contributed by atoms with Crippen LogP contribution in [0, 0.1) is 0 Å². The van der Waals surface area contributed by atoms with Gasteiger partial charge in [-0.15, -0.1) is 0 Å². The predicted molar refractivity (Wildman–Crippen MR) is 174 cm³/mol. The molecule has 0 atom stereocenters. The lowest BCUT2D eigenvalue weighted by Gasteiger charge is -2.23. The Hall–Kier alpha value is -4.88. The van der Waals surface area contributed by atoms with Crippen molar-refractivity contribution in [2.45, 2.75) is 19.3 Å². The number of nitrogens with zero attached hydrogens (tertiary/aromatic N) is 1. The molecule has 7 rings (SSSR count). The van der Waals surface area contributed by atoms with E-state index in [9.17, 15) is 0 Å². The third-order valence-corrected chi connectivity index (χ3v) is 8.61. The summed E-state index contributed by atoms with van der Waals surface area (Å²) in [6.07, 6.45) is 3.96. The standard InChI is InChI=1S/C39H31N/c1-5-27-28-15-7-8-16-29(28)30-17-9-10-18-31(30)34-20-12-14-22-38(34)40(37(27)6-2)26-23-24-33-32-19-11-13-21-35(32)39(3,4)36(33)25-26/h5-25H,1-2H2,3-4H3. The number of fused-ring (bicyclic) bond motifs is 8. The summed E-state index contributed by atoms with van der Waals surface area (Å²) in [5, 5.41) is 5.93. The van der Waals surface area contributed by atoms with Crippen molar-refractivity contribution >= 4 is 44.6 Å². The molecule has 1 heteroatoms. The second-order valence-electron chi connectivity index (χ2n) is 11.1. The van der Waals surface area contributed by atoms with Crippen LogP contribution in [0.25, 0.3) is 61.4 Å². The van der Waals surface area contributed by atoms with E-state index in [2.05, 4.69) is 147 Å². The van der Waals surface area contributed by atoms with E-state index in [0.29, 0.717) is 0 Å². The van der Waals surface area contributed by atoms with Crippen LogP contribution in [0.5, 0.6) is 0 Å². The molecule has 0 bridgehead atoms. The van der Waals surface area contributed by atoms with Gasteiger partial charge in [-0.05, 0) is 68.1 Å². The quantitative estimate of drug-likeness (QED) is 0.222. The topological polar surface area (TPSA) is 4.93 Å². The molecule has 0 aliphatic heterocycles. The van der Waals surface area contributed by atoms with Crippen LogP contribution >= 0.6 is 0 Å². The molecular formula is C39H31N. The molecule has 0 unspecified atom stereocenters. The highest BCUT2D eigenvalue weighted by Crippen LogP contribution is 2.49. The largest absolute Gasteiger partial charge is 0.309 e. The van der Waals surface area contributed by atoms with E-state index in [1.54, 1.807) is 0 Å². The fraction of sp³-hybridized carbons (Fsp3) is 0.0769. The molecule has 6 aromatic rings. The summed E-state index contributed by atoms with van der Waals surface area (Å²) in [6.45, 7) is 13.3. The van der Waals surface area contributed by atoms with E-state index in [4.69, 9.17) is 0 Å². The average Bonchev–Trinajstić information content (AvgIpc) is 3.25. The SMILES string of the molecule is C=Cc1c(C=C)n(-c2ccc3c(c2)C(C)(C)c2ccccc2-3)c2ccccc2c2ccccc2c2ccccc12. The number of para-hydroxylation sites is 1. The minimum absolute atomic E-state index is 0.0976. The number of aromatic nitrogens is 1. The van der Waals surface area contributed by atoms with E-state index in [1.807, 2.05) is 12.2 Å². The number of hydrogen-bond donors (Lipinski definition) is 0. The molecule has 1 nitrogen and oxygen atoms in total. The maximum absolute atomic E-state index is 4.34. The van der Waals surface area contributed by atoms with E-state index < -0.39 is 0 Å². The Bertz CT molecular complexity index is 2070. The van der Waals surface area contributed by atoms with Crippen LogP contribution in [-0.4, -0.2) is 4.57 Å². The normalized spacial score (nSPS) is 13.2. The molecular weight excluding hydrogens is 482 g/mol. The molecule has 5 aromatic carbocycles. The Balaban J connectivity index is 1.73. The summed E-state index contributed by atoms with van der Waals surface area (Å²) in [7, 11) is 0.